The zero-order valence-corrected chi connectivity index (χ0v) is 21.6. The van der Waals surface area contributed by atoms with E-state index >= 15 is 0 Å². The highest BCUT2D eigenvalue weighted by atomic mass is 32.1. The Morgan fingerprint density at radius 3 is 2.59 bits per heavy atom. The summed E-state index contributed by atoms with van der Waals surface area (Å²) in [4.78, 5) is 21.7. The molecular formula is C23H25F7N6O2S. The third kappa shape index (κ3) is 9.16. The molecule has 16 heteroatoms. The summed E-state index contributed by atoms with van der Waals surface area (Å²) in [5, 5.41) is 5.60. The van der Waals surface area contributed by atoms with Crippen molar-refractivity contribution in [2.45, 2.75) is 38.2 Å². The number of nitrogens with zero attached hydrogens (tertiary/aromatic N) is 4. The number of benzene rings is 1. The number of carbonyl (C=O) groups is 1. The van der Waals surface area contributed by atoms with Crippen molar-refractivity contribution in [1.82, 2.24) is 9.27 Å². The Morgan fingerprint density at radius 1 is 1.21 bits per heavy atom. The Labute approximate surface area is 223 Å². The van der Waals surface area contributed by atoms with Gasteiger partial charge in [-0.25, -0.2) is 4.39 Å². The van der Waals surface area contributed by atoms with Gasteiger partial charge in [0.2, 0.25) is 0 Å². The lowest BCUT2D eigenvalue weighted by Crippen LogP contribution is -2.34. The maximum atomic E-state index is 14.2. The molecular weight excluding hydrogens is 557 g/mol. The maximum absolute atomic E-state index is 14.2. The number of aliphatic imine (C=N–C) groups is 2. The first-order chi connectivity index (χ1) is 18.2. The van der Waals surface area contributed by atoms with Crippen molar-refractivity contribution in [2.24, 2.45) is 9.98 Å². The standard InChI is InChI=1S/C23H25F7N6O2S/c1-13-19(21(39-35-13)34-18-12-31-17(11-32-18)23(28,29)30)20(37)33-14-4-5-15(24)16(10-14)38-9-3-7-36(2)8-6-22(25,26)27/h4-5,10,12,17H,3,6-9,11H2,1-2H3,(H,32,34)(H,33,37). The molecule has 2 heterocycles. The van der Waals surface area contributed by atoms with Gasteiger partial charge in [-0.3, -0.25) is 14.8 Å². The molecule has 1 unspecified atom stereocenters. The largest absolute Gasteiger partial charge is 0.490 e. The molecule has 1 aromatic carbocycles. The van der Waals surface area contributed by atoms with Crippen molar-refractivity contribution in [1.29, 1.82) is 0 Å². The lowest BCUT2D eigenvalue weighted by atomic mass is 10.2. The van der Waals surface area contributed by atoms with Gasteiger partial charge in [-0.05, 0) is 44.1 Å². The number of amidine groups is 1. The third-order valence-electron chi connectivity index (χ3n) is 5.43. The second-order valence-corrected chi connectivity index (χ2v) is 9.40. The Kier molecular flexibility index (Phi) is 9.88. The number of ether oxygens (including phenoxy) is 1. The predicted octanol–water partition coefficient (Wildman–Crippen LogP) is 5.32. The maximum Gasteiger partial charge on any atom is 0.412 e. The topological polar surface area (TPSA) is 91.2 Å². The molecule has 1 aromatic heterocycles. The number of halogens is 7. The van der Waals surface area contributed by atoms with E-state index in [1.54, 1.807) is 14.0 Å². The molecule has 0 saturated heterocycles. The van der Waals surface area contributed by atoms with Crippen LogP contribution in [0.4, 0.5) is 41.4 Å². The lowest BCUT2D eigenvalue weighted by Gasteiger charge is -2.18. The molecule has 3 rings (SSSR count). The van der Waals surface area contributed by atoms with E-state index < -0.39 is 43.1 Å². The molecule has 0 bridgehead atoms. The molecule has 0 saturated carbocycles. The Bertz CT molecular complexity index is 1210. The summed E-state index contributed by atoms with van der Waals surface area (Å²) >= 11 is 0.903. The second-order valence-electron chi connectivity index (χ2n) is 8.63. The van der Waals surface area contributed by atoms with Crippen LogP contribution in [-0.2, 0) is 0 Å². The number of hydrogen-bond donors (Lipinski definition) is 2. The molecule has 1 aliphatic heterocycles. The Balaban J connectivity index is 1.58. The number of aromatic nitrogens is 1. The molecule has 0 fully saturated rings. The van der Waals surface area contributed by atoms with Crippen LogP contribution in [0.5, 0.6) is 5.75 Å². The zero-order chi connectivity index (χ0) is 28.8. The van der Waals surface area contributed by atoms with Crippen LogP contribution >= 0.6 is 11.5 Å². The van der Waals surface area contributed by atoms with Crippen LogP contribution in [0.15, 0.2) is 28.2 Å². The number of hydrogen-bond acceptors (Lipinski definition) is 8. The Hall–Kier alpha value is -3.27. The van der Waals surface area contributed by atoms with Crippen molar-refractivity contribution >= 4 is 40.2 Å². The fourth-order valence-electron chi connectivity index (χ4n) is 3.36. The average molecular weight is 583 g/mol. The lowest BCUT2D eigenvalue weighted by molar-refractivity contribution is -0.144. The summed E-state index contributed by atoms with van der Waals surface area (Å²) in [6.07, 6.45) is -8.41. The molecule has 8 nitrogen and oxygen atoms in total. The highest BCUT2D eigenvalue weighted by molar-refractivity contribution is 7.11. The highest BCUT2D eigenvalue weighted by Crippen LogP contribution is 2.29. The molecule has 2 N–H and O–H groups in total. The molecule has 1 aliphatic rings. The van der Waals surface area contributed by atoms with Crippen LogP contribution in [0.25, 0.3) is 0 Å². The highest BCUT2D eigenvalue weighted by Gasteiger charge is 2.40. The van der Waals surface area contributed by atoms with Crippen LogP contribution in [0, 0.1) is 12.7 Å². The number of rotatable bonds is 10. The van der Waals surface area contributed by atoms with E-state index in [0.29, 0.717) is 18.7 Å². The minimum Gasteiger partial charge on any atom is -0.490 e. The predicted molar refractivity (Wildman–Crippen MR) is 134 cm³/mol. The van der Waals surface area contributed by atoms with E-state index in [1.165, 1.54) is 17.0 Å². The van der Waals surface area contributed by atoms with E-state index in [4.69, 9.17) is 4.74 Å². The van der Waals surface area contributed by atoms with Crippen molar-refractivity contribution < 1.29 is 40.3 Å². The van der Waals surface area contributed by atoms with Gasteiger partial charge in [0.05, 0.1) is 37.0 Å². The van der Waals surface area contributed by atoms with Crippen molar-refractivity contribution in [3.05, 3.63) is 35.3 Å². The summed E-state index contributed by atoms with van der Waals surface area (Å²) in [7, 11) is 1.54. The monoisotopic (exact) mass is 582 g/mol. The van der Waals surface area contributed by atoms with Gasteiger partial charge >= 0.3 is 12.4 Å². The molecule has 1 atom stereocenters. The summed E-state index contributed by atoms with van der Waals surface area (Å²) in [6, 6.07) is 1.72. The summed E-state index contributed by atoms with van der Waals surface area (Å²) in [6.45, 7) is 1.15. The third-order valence-corrected chi connectivity index (χ3v) is 6.28. The fourth-order valence-corrected chi connectivity index (χ4v) is 4.16. The number of aryl methyl sites for hydroxylation is 1. The summed E-state index contributed by atoms with van der Waals surface area (Å²) < 4.78 is 99.0. The summed E-state index contributed by atoms with van der Waals surface area (Å²) in [5.41, 5.74) is 0.650. The van der Waals surface area contributed by atoms with E-state index in [0.717, 1.165) is 23.8 Å². The van der Waals surface area contributed by atoms with Crippen molar-refractivity contribution in [2.75, 3.05) is 43.9 Å². The number of anilines is 2. The normalized spacial score (nSPS) is 15.8. The van der Waals surface area contributed by atoms with Gasteiger partial charge in [0, 0.05) is 24.8 Å². The van der Waals surface area contributed by atoms with Crippen LogP contribution in [0.1, 0.15) is 28.9 Å². The van der Waals surface area contributed by atoms with E-state index in [9.17, 15) is 35.5 Å². The van der Waals surface area contributed by atoms with Gasteiger partial charge in [0.25, 0.3) is 5.91 Å². The van der Waals surface area contributed by atoms with Crippen LogP contribution in [0.2, 0.25) is 0 Å². The van der Waals surface area contributed by atoms with Gasteiger partial charge in [-0.2, -0.15) is 30.7 Å². The number of carbonyl (C=O) groups excluding carboxylic acids is 1. The number of amides is 1. The minimum atomic E-state index is -4.51. The quantitative estimate of drug-likeness (QED) is 0.292. The van der Waals surface area contributed by atoms with Gasteiger partial charge in [-0.1, -0.05) is 0 Å². The second kappa shape index (κ2) is 12.7. The van der Waals surface area contributed by atoms with Crippen LogP contribution in [-0.4, -0.2) is 78.9 Å². The SMILES string of the molecule is Cc1nsc(NC2=NCC(C(F)(F)F)N=C2)c1C(=O)Nc1ccc(F)c(OCCCN(C)CCC(F)(F)F)c1. The van der Waals surface area contributed by atoms with Crippen molar-refractivity contribution in [3.8, 4) is 5.75 Å². The van der Waals surface area contributed by atoms with E-state index in [-0.39, 0.29) is 41.0 Å². The molecule has 214 valence electrons. The Morgan fingerprint density at radius 2 is 1.95 bits per heavy atom. The summed E-state index contributed by atoms with van der Waals surface area (Å²) in [5.74, 6) is -1.43. The number of alkyl halides is 6. The molecule has 1 amide bonds. The van der Waals surface area contributed by atoms with Crippen LogP contribution in [0.3, 0.4) is 0 Å². The zero-order valence-electron chi connectivity index (χ0n) is 20.8. The first-order valence-electron chi connectivity index (χ1n) is 11.6. The first-order valence-corrected chi connectivity index (χ1v) is 12.4. The van der Waals surface area contributed by atoms with Gasteiger partial charge in [0.15, 0.2) is 17.6 Å². The van der Waals surface area contributed by atoms with E-state index in [2.05, 4.69) is 25.0 Å². The smallest absolute Gasteiger partial charge is 0.412 e. The molecule has 2 aromatic rings. The fraction of sp³-hybridized carbons (Fsp3) is 0.478. The van der Waals surface area contributed by atoms with Crippen molar-refractivity contribution in [3.63, 3.8) is 0 Å². The first kappa shape index (κ1) is 30.3. The van der Waals surface area contributed by atoms with Crippen LogP contribution < -0.4 is 15.4 Å². The average Bonchev–Trinajstić information content (AvgIpc) is 3.21. The molecule has 0 radical (unpaired) electrons. The number of nitrogens with one attached hydrogen (secondary N) is 2. The minimum absolute atomic E-state index is 0.0329. The van der Waals surface area contributed by atoms with Gasteiger partial charge in [0.1, 0.15) is 10.8 Å². The molecule has 0 aliphatic carbocycles. The molecule has 39 heavy (non-hydrogen) atoms. The van der Waals surface area contributed by atoms with E-state index in [1.807, 2.05) is 0 Å². The van der Waals surface area contributed by atoms with Gasteiger partial charge < -0.3 is 20.3 Å². The molecule has 0 spiro atoms. The van der Waals surface area contributed by atoms with Gasteiger partial charge in [-0.15, -0.1) is 0 Å².